The van der Waals surface area contributed by atoms with Crippen LogP contribution >= 0.6 is 23.2 Å². The van der Waals surface area contributed by atoms with E-state index in [-0.39, 0.29) is 22.7 Å². The fourth-order valence-electron chi connectivity index (χ4n) is 2.49. The number of rotatable bonds is 5. The molecule has 3 aromatic rings. The molecule has 0 unspecified atom stereocenters. The Balaban J connectivity index is 1.87. The Hall–Kier alpha value is -3.60. The molecule has 1 heterocycles. The number of halogens is 2. The van der Waals surface area contributed by atoms with E-state index in [0.29, 0.717) is 21.4 Å². The van der Waals surface area contributed by atoms with Crippen LogP contribution in [0.1, 0.15) is 5.76 Å². The third kappa shape index (κ3) is 4.46. The molecule has 9 heteroatoms. The number of furan rings is 1. The predicted molar refractivity (Wildman–Crippen MR) is 109 cm³/mol. The van der Waals surface area contributed by atoms with E-state index in [1.165, 1.54) is 30.3 Å². The molecule has 0 spiro atoms. The van der Waals surface area contributed by atoms with Crippen molar-refractivity contribution in [3.63, 3.8) is 0 Å². The predicted octanol–water partition coefficient (Wildman–Crippen LogP) is 5.71. The lowest BCUT2D eigenvalue weighted by molar-refractivity contribution is -0.383. The number of nitro benzene ring substituents is 1. The second kappa shape index (κ2) is 8.61. The van der Waals surface area contributed by atoms with Crippen LogP contribution in [0.15, 0.2) is 64.6 Å². The van der Waals surface area contributed by atoms with Crippen molar-refractivity contribution in [2.75, 3.05) is 5.32 Å². The summed E-state index contributed by atoms with van der Waals surface area (Å²) in [6, 6.07) is 15.6. The molecule has 0 saturated heterocycles. The maximum absolute atomic E-state index is 12.4. The first-order valence-electron chi connectivity index (χ1n) is 8.11. The molecule has 0 saturated carbocycles. The number of anilines is 1. The second-order valence-corrected chi connectivity index (χ2v) is 6.49. The zero-order chi connectivity index (χ0) is 21.0. The minimum absolute atomic E-state index is 0.0190. The van der Waals surface area contributed by atoms with Crippen molar-refractivity contribution in [3.8, 4) is 17.4 Å². The summed E-state index contributed by atoms with van der Waals surface area (Å²) in [5.74, 6) is -0.175. The molecular weight excluding hydrogens is 417 g/mol. The number of para-hydroxylation sites is 2. The van der Waals surface area contributed by atoms with Gasteiger partial charge in [-0.1, -0.05) is 41.4 Å². The monoisotopic (exact) mass is 427 g/mol. The van der Waals surface area contributed by atoms with Crippen molar-refractivity contribution < 1.29 is 14.1 Å². The summed E-state index contributed by atoms with van der Waals surface area (Å²) in [4.78, 5) is 22.8. The van der Waals surface area contributed by atoms with Crippen LogP contribution in [0.4, 0.5) is 11.4 Å². The standard InChI is InChI=1S/C20H11Cl2N3O4/c21-15-5-3-4-14(19(15)22)18-9-8-13(29-18)10-12(11-23)20(26)24-16-6-1-2-7-17(16)25(27)28/h1-10H,(H,24,26)/b12-10+. The van der Waals surface area contributed by atoms with E-state index in [9.17, 15) is 20.2 Å². The van der Waals surface area contributed by atoms with E-state index in [2.05, 4.69) is 5.32 Å². The lowest BCUT2D eigenvalue weighted by atomic mass is 10.2. The highest BCUT2D eigenvalue weighted by molar-refractivity contribution is 6.43. The van der Waals surface area contributed by atoms with Crippen molar-refractivity contribution in [2.45, 2.75) is 0 Å². The summed E-state index contributed by atoms with van der Waals surface area (Å²) in [6.07, 6.45) is 1.23. The normalized spacial score (nSPS) is 11.0. The van der Waals surface area contributed by atoms with Gasteiger partial charge in [0.1, 0.15) is 28.9 Å². The third-order valence-electron chi connectivity index (χ3n) is 3.84. The Morgan fingerprint density at radius 1 is 1.14 bits per heavy atom. The van der Waals surface area contributed by atoms with E-state index in [1.54, 1.807) is 36.4 Å². The van der Waals surface area contributed by atoms with Gasteiger partial charge >= 0.3 is 0 Å². The highest BCUT2D eigenvalue weighted by Crippen LogP contribution is 2.34. The molecule has 7 nitrogen and oxygen atoms in total. The van der Waals surface area contributed by atoms with Crippen LogP contribution in [0.25, 0.3) is 17.4 Å². The molecule has 0 radical (unpaired) electrons. The van der Waals surface area contributed by atoms with Crippen LogP contribution in [0, 0.1) is 21.4 Å². The summed E-state index contributed by atoms with van der Waals surface area (Å²) in [7, 11) is 0. The molecule has 0 aliphatic carbocycles. The molecule has 1 amide bonds. The first kappa shape index (κ1) is 20.1. The molecule has 3 rings (SSSR count). The zero-order valence-corrected chi connectivity index (χ0v) is 16.1. The summed E-state index contributed by atoms with van der Waals surface area (Å²) in [5, 5.41) is 23.4. The zero-order valence-electron chi connectivity index (χ0n) is 14.6. The molecule has 144 valence electrons. The quantitative estimate of drug-likeness (QED) is 0.242. The summed E-state index contributed by atoms with van der Waals surface area (Å²) >= 11 is 12.2. The maximum Gasteiger partial charge on any atom is 0.292 e. The van der Waals surface area contributed by atoms with Crippen LogP contribution in [0.5, 0.6) is 0 Å². The van der Waals surface area contributed by atoms with Gasteiger partial charge in [-0.25, -0.2) is 0 Å². The van der Waals surface area contributed by atoms with Gasteiger partial charge in [0, 0.05) is 17.7 Å². The van der Waals surface area contributed by atoms with Crippen molar-refractivity contribution in [3.05, 3.63) is 86.1 Å². The molecule has 2 aromatic carbocycles. The van der Waals surface area contributed by atoms with Gasteiger partial charge in [0.25, 0.3) is 11.6 Å². The van der Waals surface area contributed by atoms with E-state index in [1.807, 2.05) is 0 Å². The molecule has 0 aliphatic heterocycles. The number of amides is 1. The molecule has 0 atom stereocenters. The van der Waals surface area contributed by atoms with Gasteiger partial charge in [-0.3, -0.25) is 14.9 Å². The Morgan fingerprint density at radius 2 is 1.90 bits per heavy atom. The Labute approximate surface area is 174 Å². The molecule has 1 aromatic heterocycles. The number of hydrogen-bond donors (Lipinski definition) is 1. The van der Waals surface area contributed by atoms with Crippen LogP contribution in [-0.4, -0.2) is 10.8 Å². The number of nitrogens with one attached hydrogen (secondary N) is 1. The van der Waals surface area contributed by atoms with Gasteiger partial charge in [0.2, 0.25) is 0 Å². The largest absolute Gasteiger partial charge is 0.457 e. The van der Waals surface area contributed by atoms with E-state index in [4.69, 9.17) is 27.6 Å². The van der Waals surface area contributed by atoms with Crippen LogP contribution in [-0.2, 0) is 4.79 Å². The van der Waals surface area contributed by atoms with Crippen molar-refractivity contribution in [2.24, 2.45) is 0 Å². The van der Waals surface area contributed by atoms with Gasteiger partial charge in [-0.2, -0.15) is 5.26 Å². The minimum atomic E-state index is -0.805. The Kier molecular flexibility index (Phi) is 5.98. The summed E-state index contributed by atoms with van der Waals surface area (Å²) < 4.78 is 5.64. The van der Waals surface area contributed by atoms with Crippen LogP contribution < -0.4 is 5.32 Å². The fourth-order valence-corrected chi connectivity index (χ4v) is 2.88. The van der Waals surface area contributed by atoms with E-state index >= 15 is 0 Å². The first-order chi connectivity index (χ1) is 13.9. The van der Waals surface area contributed by atoms with Gasteiger partial charge < -0.3 is 9.73 Å². The minimum Gasteiger partial charge on any atom is -0.457 e. The molecular formula is C20H11Cl2N3O4. The number of nitriles is 1. The second-order valence-electron chi connectivity index (χ2n) is 5.70. The molecule has 0 fully saturated rings. The van der Waals surface area contributed by atoms with Crippen molar-refractivity contribution in [1.82, 2.24) is 0 Å². The SMILES string of the molecule is N#C/C(=C\c1ccc(-c2cccc(Cl)c2Cl)o1)C(=O)Nc1ccccc1[N+](=O)[O-]. The van der Waals surface area contributed by atoms with Gasteiger partial charge in [-0.15, -0.1) is 0 Å². The summed E-state index contributed by atoms with van der Waals surface area (Å²) in [6.45, 7) is 0. The highest BCUT2D eigenvalue weighted by Gasteiger charge is 2.18. The molecule has 0 aliphatic rings. The fraction of sp³-hybridized carbons (Fsp3) is 0. The molecule has 29 heavy (non-hydrogen) atoms. The number of carbonyl (C=O) groups is 1. The van der Waals surface area contributed by atoms with E-state index in [0.717, 1.165) is 0 Å². The molecule has 0 bridgehead atoms. The van der Waals surface area contributed by atoms with Crippen LogP contribution in [0.2, 0.25) is 10.0 Å². The highest BCUT2D eigenvalue weighted by atomic mass is 35.5. The number of benzene rings is 2. The lowest BCUT2D eigenvalue weighted by Gasteiger charge is -2.04. The molecule has 1 N–H and O–H groups in total. The Morgan fingerprint density at radius 3 is 2.62 bits per heavy atom. The Bertz CT molecular complexity index is 1180. The van der Waals surface area contributed by atoms with E-state index < -0.39 is 10.8 Å². The maximum atomic E-state index is 12.4. The number of nitrogens with zero attached hydrogens (tertiary/aromatic N) is 2. The van der Waals surface area contributed by atoms with Crippen molar-refractivity contribution in [1.29, 1.82) is 5.26 Å². The smallest absolute Gasteiger partial charge is 0.292 e. The average molecular weight is 428 g/mol. The average Bonchev–Trinajstić information content (AvgIpc) is 3.16. The van der Waals surface area contributed by atoms with Gasteiger partial charge in [-0.05, 0) is 30.3 Å². The topological polar surface area (TPSA) is 109 Å². The van der Waals surface area contributed by atoms with Crippen LogP contribution in [0.3, 0.4) is 0 Å². The number of nitro groups is 1. The van der Waals surface area contributed by atoms with Gasteiger partial charge in [0.15, 0.2) is 0 Å². The summed E-state index contributed by atoms with van der Waals surface area (Å²) in [5.41, 5.74) is -0.0357. The third-order valence-corrected chi connectivity index (χ3v) is 4.66. The lowest BCUT2D eigenvalue weighted by Crippen LogP contribution is -2.14. The first-order valence-corrected chi connectivity index (χ1v) is 8.87. The number of hydrogen-bond acceptors (Lipinski definition) is 5. The van der Waals surface area contributed by atoms with Crippen molar-refractivity contribution >= 4 is 46.6 Å². The number of carbonyl (C=O) groups excluding carboxylic acids is 1. The van der Waals surface area contributed by atoms with Gasteiger partial charge in [0.05, 0.1) is 15.0 Å².